The van der Waals surface area contributed by atoms with E-state index in [-0.39, 0.29) is 10.5 Å². The first-order chi connectivity index (χ1) is 14.2. The number of carbonyl (C=O) groups is 1. The third-order valence-electron chi connectivity index (χ3n) is 4.75. The summed E-state index contributed by atoms with van der Waals surface area (Å²) < 4.78 is 18.2. The van der Waals surface area contributed by atoms with Crippen LogP contribution < -0.4 is 0 Å². The minimum atomic E-state index is -0.958. The van der Waals surface area contributed by atoms with E-state index in [1.165, 1.54) is 11.8 Å². The molecule has 0 aromatic carbocycles. The van der Waals surface area contributed by atoms with Crippen LogP contribution in [-0.4, -0.2) is 62.2 Å². The zero-order chi connectivity index (χ0) is 25.7. The minimum Gasteiger partial charge on any atom is -0.366 e. The van der Waals surface area contributed by atoms with Crippen molar-refractivity contribution in [2.24, 2.45) is 5.41 Å². The largest absolute Gasteiger partial charge is 0.366 e. The molecule has 0 heterocycles. The van der Waals surface area contributed by atoms with Gasteiger partial charge in [0.15, 0.2) is 13.6 Å². The second kappa shape index (κ2) is 12.8. The maximum absolute atomic E-state index is 12.4. The second-order valence-electron chi connectivity index (χ2n) is 12.1. The van der Waals surface area contributed by atoms with Gasteiger partial charge in [0.1, 0.15) is 0 Å². The normalized spacial score (nSPS) is 14.3. The molecule has 0 bridgehead atoms. The third kappa shape index (κ3) is 11.1. The number of hydrogen-bond acceptors (Lipinski definition) is 6. The molecule has 0 aromatic rings. The van der Waals surface area contributed by atoms with E-state index in [2.05, 4.69) is 92.4 Å². The molecular formula is C25H53N2O3PS. The summed E-state index contributed by atoms with van der Waals surface area (Å²) in [6, 6.07) is 1.51. The van der Waals surface area contributed by atoms with Crippen molar-refractivity contribution in [1.29, 1.82) is 0 Å². The number of thioether (sulfide) groups is 1. The van der Waals surface area contributed by atoms with E-state index in [0.29, 0.717) is 36.5 Å². The fourth-order valence-electron chi connectivity index (χ4n) is 3.71. The van der Waals surface area contributed by atoms with Crippen molar-refractivity contribution in [3.05, 3.63) is 0 Å². The van der Waals surface area contributed by atoms with Gasteiger partial charge in [-0.2, -0.15) is 0 Å². The Morgan fingerprint density at radius 1 is 0.750 bits per heavy atom. The Kier molecular flexibility index (Phi) is 13.0. The van der Waals surface area contributed by atoms with Crippen LogP contribution in [0.1, 0.15) is 104 Å². The van der Waals surface area contributed by atoms with Crippen molar-refractivity contribution in [2.45, 2.75) is 139 Å². The van der Waals surface area contributed by atoms with Crippen LogP contribution in [0, 0.1) is 5.41 Å². The maximum atomic E-state index is 12.4. The molecule has 0 fully saturated rings. The van der Waals surface area contributed by atoms with Crippen molar-refractivity contribution in [3.8, 4) is 0 Å². The van der Waals surface area contributed by atoms with Gasteiger partial charge in [-0.1, -0.05) is 32.5 Å². The first-order valence-electron chi connectivity index (χ1n) is 12.1. The van der Waals surface area contributed by atoms with E-state index in [9.17, 15) is 4.79 Å². The molecule has 0 amide bonds. The highest BCUT2D eigenvalue weighted by Gasteiger charge is 2.38. The molecule has 7 heteroatoms. The van der Waals surface area contributed by atoms with Crippen molar-refractivity contribution in [3.63, 3.8) is 0 Å². The molecule has 0 rings (SSSR count). The molecule has 0 saturated carbocycles. The van der Waals surface area contributed by atoms with Gasteiger partial charge in [0.25, 0.3) is 0 Å². The molecule has 0 N–H and O–H groups in total. The number of rotatable bonds is 13. The van der Waals surface area contributed by atoms with Gasteiger partial charge in [-0.3, -0.25) is 4.79 Å². The van der Waals surface area contributed by atoms with Gasteiger partial charge in [-0.05, 0) is 83.1 Å². The molecule has 0 spiro atoms. The summed E-state index contributed by atoms with van der Waals surface area (Å²) in [5.41, 5.74) is -1.26. The van der Waals surface area contributed by atoms with Crippen LogP contribution >= 0.6 is 20.2 Å². The topological polar surface area (TPSA) is 42.0 Å². The second-order valence-corrected chi connectivity index (χ2v) is 14.7. The molecule has 5 nitrogen and oxygen atoms in total. The van der Waals surface area contributed by atoms with Crippen LogP contribution in [0.4, 0.5) is 0 Å². The Balaban J connectivity index is 5.49. The van der Waals surface area contributed by atoms with Crippen LogP contribution in [0.25, 0.3) is 0 Å². The van der Waals surface area contributed by atoms with Gasteiger partial charge < -0.3 is 9.26 Å². The average Bonchev–Trinajstić information content (AvgIpc) is 2.54. The van der Waals surface area contributed by atoms with Crippen molar-refractivity contribution >= 4 is 25.3 Å². The number of nitrogens with zero attached hydrogens (tertiary/aromatic N) is 2. The quantitative estimate of drug-likeness (QED) is 0.250. The van der Waals surface area contributed by atoms with Crippen LogP contribution in [-0.2, 0) is 14.1 Å². The zero-order valence-corrected chi connectivity index (χ0v) is 25.4. The third-order valence-corrected chi connectivity index (χ3v) is 9.47. The first-order valence-corrected chi connectivity index (χ1v) is 14.2. The summed E-state index contributed by atoms with van der Waals surface area (Å²) in [7, 11) is -0.958. The van der Waals surface area contributed by atoms with Crippen LogP contribution in [0.2, 0.25) is 0 Å². The summed E-state index contributed by atoms with van der Waals surface area (Å²) in [5.74, 6) is 0.621. The predicted molar refractivity (Wildman–Crippen MR) is 143 cm³/mol. The van der Waals surface area contributed by atoms with Gasteiger partial charge in [0.05, 0.1) is 17.8 Å². The molecule has 32 heavy (non-hydrogen) atoms. The highest BCUT2D eigenvalue weighted by Crippen LogP contribution is 2.51. The number of carbonyl (C=O) groups excluding carboxylic acids is 1. The predicted octanol–water partition coefficient (Wildman–Crippen LogP) is 7.35. The minimum absolute atomic E-state index is 0.195. The zero-order valence-electron chi connectivity index (χ0n) is 23.7. The van der Waals surface area contributed by atoms with Crippen LogP contribution in [0.15, 0.2) is 0 Å². The number of hydrogen-bond donors (Lipinski definition) is 0. The fourth-order valence-corrected chi connectivity index (χ4v) is 7.19. The lowest BCUT2D eigenvalue weighted by atomic mass is 10.00. The van der Waals surface area contributed by atoms with Gasteiger partial charge in [-0.15, -0.1) is 0 Å². The molecule has 0 aromatic heterocycles. The van der Waals surface area contributed by atoms with Gasteiger partial charge >= 0.3 is 0 Å². The Morgan fingerprint density at radius 2 is 1.12 bits per heavy atom. The molecule has 0 saturated heterocycles. The summed E-state index contributed by atoms with van der Waals surface area (Å²) in [5, 5.41) is 0.195. The van der Waals surface area contributed by atoms with Gasteiger partial charge in [0.2, 0.25) is 0 Å². The van der Waals surface area contributed by atoms with E-state index < -0.39 is 19.7 Å². The maximum Gasteiger partial charge on any atom is 0.194 e. The van der Waals surface area contributed by atoms with Crippen LogP contribution in [0.5, 0.6) is 0 Å². The molecule has 192 valence electrons. The highest BCUT2D eigenvalue weighted by molar-refractivity contribution is 8.13. The molecule has 0 atom stereocenters. The summed E-state index contributed by atoms with van der Waals surface area (Å²) in [6.45, 7) is 32.6. The lowest BCUT2D eigenvalue weighted by Gasteiger charge is -2.47. The number of ether oxygens (including phenoxy) is 1. The van der Waals surface area contributed by atoms with Crippen LogP contribution in [0.3, 0.4) is 0 Å². The van der Waals surface area contributed by atoms with Gasteiger partial charge in [0, 0.05) is 35.3 Å². The smallest absolute Gasteiger partial charge is 0.194 e. The van der Waals surface area contributed by atoms with Crippen molar-refractivity contribution in [1.82, 2.24) is 9.34 Å². The SMILES string of the molecule is CC(C)N(C(C)C)P(OCC(C)(C)OC(C)(C)CSC(=O)C(C)(C)C)N(C(C)C)C(C)C. The van der Waals surface area contributed by atoms with E-state index >= 15 is 0 Å². The summed E-state index contributed by atoms with van der Waals surface area (Å²) >= 11 is 1.36. The van der Waals surface area contributed by atoms with Crippen molar-refractivity contribution < 1.29 is 14.1 Å². The highest BCUT2D eigenvalue weighted by atomic mass is 32.2. The lowest BCUT2D eigenvalue weighted by molar-refractivity contribution is -0.128. The van der Waals surface area contributed by atoms with Gasteiger partial charge in [-0.25, -0.2) is 9.34 Å². The summed E-state index contributed by atoms with van der Waals surface area (Å²) in [6.07, 6.45) is 0. The van der Waals surface area contributed by atoms with E-state index in [4.69, 9.17) is 9.26 Å². The Labute approximate surface area is 205 Å². The standard InChI is InChI=1S/C25H53N2O3PS/c1-18(2)26(19(3)4)31(27(20(5)6)21(7)8)29-16-24(12,13)30-25(14,15)17-32-22(28)23(9,10)11/h18-21H,16-17H2,1-15H3. The molecule has 0 radical (unpaired) electrons. The van der Waals surface area contributed by atoms with E-state index in [1.807, 2.05) is 20.8 Å². The Morgan fingerprint density at radius 3 is 1.44 bits per heavy atom. The van der Waals surface area contributed by atoms with E-state index in [0.717, 1.165) is 0 Å². The lowest BCUT2D eigenvalue weighted by Crippen LogP contribution is -2.46. The fraction of sp³-hybridized carbons (Fsp3) is 0.960. The molecule has 0 unspecified atom stereocenters. The molecule has 0 aliphatic rings. The Bertz CT molecular complexity index is 536. The average molecular weight is 493 g/mol. The van der Waals surface area contributed by atoms with Crippen molar-refractivity contribution in [2.75, 3.05) is 12.4 Å². The molecule has 0 aliphatic heterocycles. The molecule has 0 aliphatic carbocycles. The first kappa shape index (κ1) is 32.3. The van der Waals surface area contributed by atoms with E-state index in [1.54, 1.807) is 0 Å². The molecular weight excluding hydrogens is 439 g/mol. The monoisotopic (exact) mass is 492 g/mol. The Hall–Kier alpha value is 0.290. The summed E-state index contributed by atoms with van der Waals surface area (Å²) in [4.78, 5) is 12.4.